The summed E-state index contributed by atoms with van der Waals surface area (Å²) in [7, 11) is 0. The van der Waals surface area contributed by atoms with Gasteiger partial charge in [0.15, 0.2) is 0 Å². The second kappa shape index (κ2) is 7.32. The van der Waals surface area contributed by atoms with Crippen molar-refractivity contribution in [3.63, 3.8) is 0 Å². The van der Waals surface area contributed by atoms with Gasteiger partial charge in [-0.05, 0) is 24.6 Å². The summed E-state index contributed by atoms with van der Waals surface area (Å²) >= 11 is 0. The lowest BCUT2D eigenvalue weighted by Gasteiger charge is -2.09. The minimum Gasteiger partial charge on any atom is -0.439 e. The fourth-order valence-corrected chi connectivity index (χ4v) is 2.18. The smallest absolute Gasteiger partial charge is 0.259 e. The molecule has 0 aliphatic carbocycles. The molecule has 3 rings (SSSR count). The number of carbonyl (C=O) groups is 1. The Bertz CT molecular complexity index is 837. The molecule has 2 aromatic heterocycles. The predicted octanol–water partition coefficient (Wildman–Crippen LogP) is 3.48. The zero-order valence-corrected chi connectivity index (χ0v) is 13.1. The molecule has 0 bridgehead atoms. The summed E-state index contributed by atoms with van der Waals surface area (Å²) in [5.41, 5.74) is 1.76. The highest BCUT2D eigenvalue weighted by atomic mass is 16.5. The summed E-state index contributed by atoms with van der Waals surface area (Å²) in [6.07, 6.45) is 5.19. The Morgan fingerprint density at radius 1 is 1.17 bits per heavy atom. The van der Waals surface area contributed by atoms with Gasteiger partial charge < -0.3 is 10.1 Å². The molecule has 0 saturated carbocycles. The van der Waals surface area contributed by atoms with E-state index in [0.717, 1.165) is 0 Å². The fourth-order valence-electron chi connectivity index (χ4n) is 2.18. The fraction of sp³-hybridized carbons (Fsp3) is 0.111. The van der Waals surface area contributed by atoms with E-state index in [0.29, 0.717) is 35.0 Å². The van der Waals surface area contributed by atoms with E-state index in [4.69, 9.17) is 4.74 Å². The van der Waals surface area contributed by atoms with Crippen LogP contribution in [0.2, 0.25) is 0 Å². The van der Waals surface area contributed by atoms with E-state index in [1.165, 1.54) is 12.5 Å². The molecule has 120 valence electrons. The summed E-state index contributed by atoms with van der Waals surface area (Å²) < 4.78 is 5.66. The molecule has 24 heavy (non-hydrogen) atoms. The molecule has 1 amide bonds. The van der Waals surface area contributed by atoms with Crippen molar-refractivity contribution in [2.24, 2.45) is 0 Å². The van der Waals surface area contributed by atoms with Crippen LogP contribution in [-0.2, 0) is 6.42 Å². The summed E-state index contributed by atoms with van der Waals surface area (Å²) in [6.45, 7) is 1.94. The zero-order chi connectivity index (χ0) is 16.8. The molecule has 1 N–H and O–H groups in total. The Morgan fingerprint density at radius 2 is 2.00 bits per heavy atom. The van der Waals surface area contributed by atoms with E-state index in [2.05, 4.69) is 20.3 Å². The lowest BCUT2D eigenvalue weighted by Crippen LogP contribution is -2.15. The van der Waals surface area contributed by atoms with Crippen LogP contribution in [0.5, 0.6) is 11.6 Å². The summed E-state index contributed by atoms with van der Waals surface area (Å²) in [4.78, 5) is 24.6. The largest absolute Gasteiger partial charge is 0.439 e. The average Bonchev–Trinajstić information content (AvgIpc) is 2.63. The van der Waals surface area contributed by atoms with Crippen molar-refractivity contribution in [1.29, 1.82) is 0 Å². The average molecular weight is 320 g/mol. The van der Waals surface area contributed by atoms with Gasteiger partial charge in [-0.15, -0.1) is 0 Å². The standard InChI is InChI=1S/C18H16N4O2/c1-2-16-15(11-19-12-21-16)18(23)22-13-8-9-20-17(10-13)24-14-6-4-3-5-7-14/h3-12H,2H2,1H3,(H,20,22,23). The third-order valence-corrected chi connectivity index (χ3v) is 3.33. The molecule has 1 aromatic carbocycles. The van der Waals surface area contributed by atoms with E-state index in [9.17, 15) is 4.79 Å². The number of aromatic nitrogens is 3. The second-order valence-electron chi connectivity index (χ2n) is 4.99. The van der Waals surface area contributed by atoms with Gasteiger partial charge in [-0.2, -0.15) is 0 Å². The van der Waals surface area contributed by atoms with Crippen molar-refractivity contribution in [2.75, 3.05) is 5.32 Å². The van der Waals surface area contributed by atoms with Gasteiger partial charge in [0.2, 0.25) is 5.88 Å². The Morgan fingerprint density at radius 3 is 2.79 bits per heavy atom. The number of hydrogen-bond donors (Lipinski definition) is 1. The van der Waals surface area contributed by atoms with Crippen LogP contribution >= 0.6 is 0 Å². The molecular weight excluding hydrogens is 304 g/mol. The highest BCUT2D eigenvalue weighted by Crippen LogP contribution is 2.21. The van der Waals surface area contributed by atoms with Gasteiger partial charge in [0, 0.05) is 24.1 Å². The van der Waals surface area contributed by atoms with Gasteiger partial charge in [0.05, 0.1) is 11.3 Å². The topological polar surface area (TPSA) is 77.0 Å². The monoisotopic (exact) mass is 320 g/mol. The molecule has 2 heterocycles. The quantitative estimate of drug-likeness (QED) is 0.779. The molecule has 0 aliphatic rings. The van der Waals surface area contributed by atoms with Crippen LogP contribution in [0.4, 0.5) is 5.69 Å². The lowest BCUT2D eigenvalue weighted by atomic mass is 10.2. The van der Waals surface area contributed by atoms with Gasteiger partial charge in [-0.25, -0.2) is 15.0 Å². The van der Waals surface area contributed by atoms with Crippen molar-refractivity contribution < 1.29 is 9.53 Å². The second-order valence-corrected chi connectivity index (χ2v) is 4.99. The molecular formula is C18H16N4O2. The van der Waals surface area contributed by atoms with Gasteiger partial charge in [0.1, 0.15) is 12.1 Å². The number of ether oxygens (including phenoxy) is 1. The van der Waals surface area contributed by atoms with E-state index in [1.54, 1.807) is 18.3 Å². The number of para-hydroxylation sites is 1. The number of pyridine rings is 1. The SMILES string of the molecule is CCc1ncncc1C(=O)Nc1ccnc(Oc2ccccc2)c1. The number of anilines is 1. The van der Waals surface area contributed by atoms with Crippen LogP contribution < -0.4 is 10.1 Å². The van der Waals surface area contributed by atoms with Crippen molar-refractivity contribution in [3.8, 4) is 11.6 Å². The first-order valence-corrected chi connectivity index (χ1v) is 7.55. The Labute approximate surface area is 139 Å². The number of carbonyl (C=O) groups excluding carboxylic acids is 1. The molecule has 0 unspecified atom stereocenters. The van der Waals surface area contributed by atoms with Crippen LogP contribution in [0.15, 0.2) is 61.2 Å². The van der Waals surface area contributed by atoms with E-state index in [1.807, 2.05) is 37.3 Å². The van der Waals surface area contributed by atoms with E-state index >= 15 is 0 Å². The Balaban J connectivity index is 1.76. The van der Waals surface area contributed by atoms with Crippen molar-refractivity contribution in [2.45, 2.75) is 13.3 Å². The predicted molar refractivity (Wildman–Crippen MR) is 90.1 cm³/mol. The molecule has 0 spiro atoms. The first kappa shape index (κ1) is 15.6. The van der Waals surface area contributed by atoms with Gasteiger partial charge in [-0.1, -0.05) is 25.1 Å². The highest BCUT2D eigenvalue weighted by Gasteiger charge is 2.12. The lowest BCUT2D eigenvalue weighted by molar-refractivity contribution is 0.102. The molecule has 0 fully saturated rings. The number of hydrogen-bond acceptors (Lipinski definition) is 5. The van der Waals surface area contributed by atoms with Gasteiger partial charge >= 0.3 is 0 Å². The third kappa shape index (κ3) is 3.73. The van der Waals surface area contributed by atoms with Crippen LogP contribution in [0.25, 0.3) is 0 Å². The zero-order valence-electron chi connectivity index (χ0n) is 13.1. The Kier molecular flexibility index (Phi) is 4.76. The molecule has 3 aromatic rings. The molecule has 0 saturated heterocycles. The first-order valence-electron chi connectivity index (χ1n) is 7.55. The summed E-state index contributed by atoms with van der Waals surface area (Å²) in [6, 6.07) is 12.7. The molecule has 0 atom stereocenters. The summed E-state index contributed by atoms with van der Waals surface area (Å²) in [5.74, 6) is 0.821. The van der Waals surface area contributed by atoms with E-state index < -0.39 is 0 Å². The van der Waals surface area contributed by atoms with Crippen LogP contribution in [-0.4, -0.2) is 20.9 Å². The first-order chi connectivity index (χ1) is 11.8. The van der Waals surface area contributed by atoms with Gasteiger partial charge in [0.25, 0.3) is 5.91 Å². The Hall–Kier alpha value is -3.28. The van der Waals surface area contributed by atoms with Crippen LogP contribution in [0, 0.1) is 0 Å². The normalized spacial score (nSPS) is 10.2. The molecule has 6 nitrogen and oxygen atoms in total. The van der Waals surface area contributed by atoms with Gasteiger partial charge in [-0.3, -0.25) is 4.79 Å². The van der Waals surface area contributed by atoms with Crippen LogP contribution in [0.3, 0.4) is 0 Å². The maximum Gasteiger partial charge on any atom is 0.259 e. The molecule has 6 heteroatoms. The number of nitrogens with zero attached hydrogens (tertiary/aromatic N) is 3. The van der Waals surface area contributed by atoms with Crippen molar-refractivity contribution in [1.82, 2.24) is 15.0 Å². The number of nitrogens with one attached hydrogen (secondary N) is 1. The highest BCUT2D eigenvalue weighted by molar-refractivity contribution is 6.04. The number of amides is 1. The van der Waals surface area contributed by atoms with Crippen molar-refractivity contribution in [3.05, 3.63) is 72.4 Å². The van der Waals surface area contributed by atoms with Crippen LogP contribution in [0.1, 0.15) is 23.0 Å². The molecule has 0 aliphatic heterocycles. The minimum absolute atomic E-state index is 0.260. The minimum atomic E-state index is -0.260. The molecule has 0 radical (unpaired) electrons. The van der Waals surface area contributed by atoms with Crippen molar-refractivity contribution >= 4 is 11.6 Å². The maximum atomic E-state index is 12.4. The summed E-state index contributed by atoms with van der Waals surface area (Å²) in [5, 5.41) is 2.82. The maximum absolute atomic E-state index is 12.4. The number of aryl methyl sites for hydroxylation is 1. The number of benzene rings is 1. The van der Waals surface area contributed by atoms with E-state index in [-0.39, 0.29) is 5.91 Å². The third-order valence-electron chi connectivity index (χ3n) is 3.33. The number of rotatable bonds is 5.